The van der Waals surface area contributed by atoms with E-state index in [2.05, 4.69) is 26.9 Å². The Morgan fingerprint density at radius 2 is 2.13 bits per heavy atom. The number of carbonyl (C=O) groups is 1. The van der Waals surface area contributed by atoms with E-state index in [4.69, 9.17) is 0 Å². The van der Waals surface area contributed by atoms with Gasteiger partial charge in [-0.3, -0.25) is 4.79 Å². The lowest BCUT2D eigenvalue weighted by Crippen LogP contribution is -2.16. The van der Waals surface area contributed by atoms with Gasteiger partial charge in [0.2, 0.25) is 0 Å². The second kappa shape index (κ2) is 5.22. The molecule has 4 rings (SSSR count). The van der Waals surface area contributed by atoms with Gasteiger partial charge in [0.05, 0.1) is 11.8 Å². The topological polar surface area (TPSA) is 64.2 Å². The van der Waals surface area contributed by atoms with E-state index in [1.165, 1.54) is 12.8 Å². The lowest BCUT2D eigenvalue weighted by molar-refractivity contribution is 0.102. The number of rotatable bonds is 4. The van der Waals surface area contributed by atoms with Gasteiger partial charge in [0, 0.05) is 30.2 Å². The van der Waals surface area contributed by atoms with Gasteiger partial charge in [-0.2, -0.15) is 9.61 Å². The van der Waals surface area contributed by atoms with Crippen LogP contribution in [-0.2, 0) is 6.54 Å². The number of carbonyl (C=O) groups excluding carboxylic acids is 1. The maximum Gasteiger partial charge on any atom is 0.258 e. The summed E-state index contributed by atoms with van der Waals surface area (Å²) in [7, 11) is 0. The quantitative estimate of drug-likeness (QED) is 0.806. The van der Waals surface area contributed by atoms with Crippen molar-refractivity contribution in [1.82, 2.24) is 19.2 Å². The third-order valence-corrected chi connectivity index (χ3v) is 4.49. The molecular weight excluding hydrogens is 290 g/mol. The Labute approximate surface area is 134 Å². The minimum atomic E-state index is -0.108. The van der Waals surface area contributed by atoms with Crippen LogP contribution in [0.2, 0.25) is 0 Å². The molecule has 1 aliphatic rings. The van der Waals surface area contributed by atoms with Crippen molar-refractivity contribution >= 4 is 17.4 Å². The van der Waals surface area contributed by atoms with Crippen molar-refractivity contribution < 1.29 is 4.79 Å². The molecule has 3 heterocycles. The number of aryl methyl sites for hydroxylation is 1. The zero-order chi connectivity index (χ0) is 16.0. The third-order valence-electron chi connectivity index (χ3n) is 4.49. The van der Waals surface area contributed by atoms with Gasteiger partial charge >= 0.3 is 0 Å². The largest absolute Gasteiger partial charge is 0.348 e. The lowest BCUT2D eigenvalue weighted by atomic mass is 10.2. The molecule has 1 aliphatic carbocycles. The summed E-state index contributed by atoms with van der Waals surface area (Å²) in [5, 5.41) is 7.14. The van der Waals surface area contributed by atoms with Gasteiger partial charge in [-0.25, -0.2) is 4.98 Å². The first-order valence-electron chi connectivity index (χ1n) is 7.90. The molecule has 23 heavy (non-hydrogen) atoms. The second-order valence-electron chi connectivity index (χ2n) is 6.22. The first-order chi connectivity index (χ1) is 11.1. The van der Waals surface area contributed by atoms with Gasteiger partial charge in [-0.05, 0) is 44.7 Å². The Kier molecular flexibility index (Phi) is 3.18. The molecule has 0 atom stereocenters. The van der Waals surface area contributed by atoms with Gasteiger partial charge in [0.25, 0.3) is 5.91 Å². The van der Waals surface area contributed by atoms with E-state index in [0.717, 1.165) is 29.4 Å². The highest BCUT2D eigenvalue weighted by Crippen LogP contribution is 2.32. The molecule has 0 spiro atoms. The fourth-order valence-electron chi connectivity index (χ4n) is 2.98. The molecule has 118 valence electrons. The maximum absolute atomic E-state index is 12.7. The van der Waals surface area contributed by atoms with Gasteiger partial charge in [0.1, 0.15) is 5.82 Å². The van der Waals surface area contributed by atoms with E-state index in [9.17, 15) is 4.79 Å². The Hall–Kier alpha value is -2.63. The summed E-state index contributed by atoms with van der Waals surface area (Å²) in [6.07, 6.45) is 5.93. The average Bonchev–Trinajstić information content (AvgIpc) is 3.14. The van der Waals surface area contributed by atoms with Crippen LogP contribution in [-0.4, -0.2) is 25.1 Å². The van der Waals surface area contributed by atoms with E-state index in [1.54, 1.807) is 29.0 Å². The summed E-state index contributed by atoms with van der Waals surface area (Å²) in [4.78, 5) is 16.9. The molecule has 0 aromatic carbocycles. The van der Waals surface area contributed by atoms with E-state index < -0.39 is 0 Å². The van der Waals surface area contributed by atoms with Gasteiger partial charge < -0.3 is 9.88 Å². The number of nitrogens with one attached hydrogen (secondary N) is 1. The van der Waals surface area contributed by atoms with Crippen LogP contribution in [0, 0.1) is 19.8 Å². The van der Waals surface area contributed by atoms with Crippen molar-refractivity contribution in [2.24, 2.45) is 5.92 Å². The van der Waals surface area contributed by atoms with Crippen LogP contribution in [0.25, 0.3) is 5.65 Å². The number of hydrogen-bond acceptors (Lipinski definition) is 3. The standard InChI is InChI=1S/C17H19N5O/c1-11-9-14(12(2)21(11)10-13-3-4-13)17(23)20-16-5-7-18-15-6-8-19-22(15)16/h5-9,13H,3-4,10H2,1-2H3,(H,20,23). The molecule has 0 radical (unpaired) electrons. The highest BCUT2D eigenvalue weighted by molar-refractivity contribution is 6.05. The zero-order valence-corrected chi connectivity index (χ0v) is 13.3. The number of fused-ring (bicyclic) bond motifs is 1. The minimum Gasteiger partial charge on any atom is -0.348 e. The Morgan fingerprint density at radius 1 is 1.30 bits per heavy atom. The number of hydrogen-bond donors (Lipinski definition) is 1. The highest BCUT2D eigenvalue weighted by Gasteiger charge is 2.24. The SMILES string of the molecule is Cc1cc(C(=O)Nc2ccnc3ccnn23)c(C)n1CC1CC1. The summed E-state index contributed by atoms with van der Waals surface area (Å²) in [5.74, 6) is 1.29. The van der Waals surface area contributed by atoms with Crippen molar-refractivity contribution in [3.8, 4) is 0 Å². The molecule has 0 saturated heterocycles. The normalized spacial score (nSPS) is 14.3. The lowest BCUT2D eigenvalue weighted by Gasteiger charge is -2.09. The average molecular weight is 309 g/mol. The molecule has 6 heteroatoms. The Balaban J connectivity index is 1.63. The molecule has 3 aromatic heterocycles. The monoisotopic (exact) mass is 309 g/mol. The predicted octanol–water partition coefficient (Wildman–Crippen LogP) is 2.81. The summed E-state index contributed by atoms with van der Waals surface area (Å²) < 4.78 is 3.88. The number of aromatic nitrogens is 4. The highest BCUT2D eigenvalue weighted by atomic mass is 16.1. The number of amides is 1. The molecule has 1 amide bonds. The van der Waals surface area contributed by atoms with Crippen LogP contribution in [0.15, 0.2) is 30.6 Å². The third kappa shape index (κ3) is 2.50. The van der Waals surface area contributed by atoms with Gasteiger partial charge in [-0.1, -0.05) is 0 Å². The molecule has 0 unspecified atom stereocenters. The molecular formula is C17H19N5O. The second-order valence-corrected chi connectivity index (χ2v) is 6.22. The Morgan fingerprint density at radius 3 is 2.91 bits per heavy atom. The first kappa shape index (κ1) is 14.0. The predicted molar refractivity (Wildman–Crippen MR) is 87.6 cm³/mol. The fourth-order valence-corrected chi connectivity index (χ4v) is 2.98. The molecule has 3 aromatic rings. The van der Waals surface area contributed by atoms with E-state index >= 15 is 0 Å². The molecule has 1 N–H and O–H groups in total. The van der Waals surface area contributed by atoms with Crippen molar-refractivity contribution in [3.05, 3.63) is 47.5 Å². The molecule has 0 bridgehead atoms. The fraction of sp³-hybridized carbons (Fsp3) is 0.353. The summed E-state index contributed by atoms with van der Waals surface area (Å²) >= 11 is 0. The van der Waals surface area contributed by atoms with Crippen molar-refractivity contribution in [2.45, 2.75) is 33.2 Å². The zero-order valence-electron chi connectivity index (χ0n) is 13.3. The van der Waals surface area contributed by atoms with E-state index in [0.29, 0.717) is 11.5 Å². The van der Waals surface area contributed by atoms with E-state index in [-0.39, 0.29) is 5.91 Å². The van der Waals surface area contributed by atoms with Crippen molar-refractivity contribution in [1.29, 1.82) is 0 Å². The molecule has 1 fully saturated rings. The number of anilines is 1. The smallest absolute Gasteiger partial charge is 0.258 e. The molecule has 6 nitrogen and oxygen atoms in total. The minimum absolute atomic E-state index is 0.108. The Bertz CT molecular complexity index is 888. The van der Waals surface area contributed by atoms with Crippen LogP contribution in [0.4, 0.5) is 5.82 Å². The summed E-state index contributed by atoms with van der Waals surface area (Å²) in [6, 6.07) is 5.52. The summed E-state index contributed by atoms with van der Waals surface area (Å²) in [6.45, 7) is 5.09. The van der Waals surface area contributed by atoms with Crippen molar-refractivity contribution in [2.75, 3.05) is 5.32 Å². The van der Waals surface area contributed by atoms with Gasteiger partial charge in [-0.15, -0.1) is 0 Å². The van der Waals surface area contributed by atoms with Crippen LogP contribution in [0.5, 0.6) is 0 Å². The van der Waals surface area contributed by atoms with Crippen LogP contribution in [0.3, 0.4) is 0 Å². The molecule has 0 aliphatic heterocycles. The van der Waals surface area contributed by atoms with Crippen molar-refractivity contribution in [3.63, 3.8) is 0 Å². The van der Waals surface area contributed by atoms with Crippen LogP contribution in [0.1, 0.15) is 34.6 Å². The first-order valence-corrected chi connectivity index (χ1v) is 7.90. The number of nitrogens with zero attached hydrogens (tertiary/aromatic N) is 4. The van der Waals surface area contributed by atoms with Crippen LogP contribution < -0.4 is 5.32 Å². The van der Waals surface area contributed by atoms with Crippen LogP contribution >= 0.6 is 0 Å². The maximum atomic E-state index is 12.7. The summed E-state index contributed by atoms with van der Waals surface area (Å²) in [5.41, 5.74) is 3.60. The van der Waals surface area contributed by atoms with Gasteiger partial charge in [0.15, 0.2) is 5.65 Å². The molecule has 1 saturated carbocycles. The van der Waals surface area contributed by atoms with E-state index in [1.807, 2.05) is 13.0 Å².